The molecule has 1 rings (SSSR count). The van der Waals surface area contributed by atoms with Crippen LogP contribution in [0.1, 0.15) is 58.3 Å². The first-order valence-electron chi connectivity index (χ1n) is 8.13. The molecule has 1 fully saturated rings. The van der Waals surface area contributed by atoms with Crippen molar-refractivity contribution in [2.75, 3.05) is 32.2 Å². The highest BCUT2D eigenvalue weighted by molar-refractivity contribution is 7.89. The second kappa shape index (κ2) is 9.77. The zero-order chi connectivity index (χ0) is 15.6. The number of hydrogen-bond acceptors (Lipinski definition) is 4. The van der Waals surface area contributed by atoms with Crippen LogP contribution in [0.3, 0.4) is 0 Å². The summed E-state index contributed by atoms with van der Waals surface area (Å²) in [4.78, 5) is 0. The summed E-state index contributed by atoms with van der Waals surface area (Å²) in [5, 5.41) is 5.28. The first-order valence-corrected chi connectivity index (χ1v) is 9.85. The van der Waals surface area contributed by atoms with E-state index in [9.17, 15) is 8.42 Å². The Morgan fingerprint density at radius 2 is 1.62 bits per heavy atom. The molecule has 5 nitrogen and oxygen atoms in total. The van der Waals surface area contributed by atoms with Crippen molar-refractivity contribution in [1.82, 2.24) is 0 Å². The molecule has 0 spiro atoms. The summed E-state index contributed by atoms with van der Waals surface area (Å²) in [6, 6.07) is 0. The third-order valence-corrected chi connectivity index (χ3v) is 5.11. The second-order valence-corrected chi connectivity index (χ2v) is 7.85. The molecule has 0 aromatic carbocycles. The molecule has 2 N–H and O–H groups in total. The van der Waals surface area contributed by atoms with E-state index in [-0.39, 0.29) is 11.2 Å². The number of ether oxygens (including phenoxy) is 2. The van der Waals surface area contributed by atoms with Crippen molar-refractivity contribution < 1.29 is 17.9 Å². The van der Waals surface area contributed by atoms with E-state index in [1.165, 1.54) is 12.8 Å². The van der Waals surface area contributed by atoms with Gasteiger partial charge in [-0.2, -0.15) is 0 Å². The highest BCUT2D eigenvalue weighted by Crippen LogP contribution is 2.36. The number of primary sulfonamides is 1. The van der Waals surface area contributed by atoms with Crippen LogP contribution in [0.25, 0.3) is 0 Å². The van der Waals surface area contributed by atoms with Crippen molar-refractivity contribution >= 4 is 10.0 Å². The van der Waals surface area contributed by atoms with Crippen LogP contribution in [0, 0.1) is 5.41 Å². The van der Waals surface area contributed by atoms with Crippen molar-refractivity contribution in [2.45, 2.75) is 58.3 Å². The van der Waals surface area contributed by atoms with Gasteiger partial charge in [-0.25, -0.2) is 13.6 Å². The average Bonchev–Trinajstić information content (AvgIpc) is 2.62. The summed E-state index contributed by atoms with van der Waals surface area (Å²) in [5.41, 5.74) is -0.298. The van der Waals surface area contributed by atoms with E-state index in [1.54, 1.807) is 0 Å². The minimum Gasteiger partial charge on any atom is -0.379 e. The molecule has 0 saturated heterocycles. The predicted molar refractivity (Wildman–Crippen MR) is 84.7 cm³/mol. The molecule has 0 aromatic rings. The van der Waals surface area contributed by atoms with Gasteiger partial charge in [0.2, 0.25) is 10.0 Å². The van der Waals surface area contributed by atoms with Crippen LogP contribution in [0.15, 0.2) is 0 Å². The van der Waals surface area contributed by atoms with Crippen molar-refractivity contribution in [2.24, 2.45) is 10.6 Å². The molecule has 1 aliphatic carbocycles. The molecule has 1 aliphatic rings. The Hall–Kier alpha value is -0.170. The van der Waals surface area contributed by atoms with E-state index >= 15 is 0 Å². The fourth-order valence-corrected chi connectivity index (χ4v) is 4.22. The Morgan fingerprint density at radius 3 is 2.19 bits per heavy atom. The predicted octanol–water partition coefficient (Wildman–Crippen LogP) is 2.45. The van der Waals surface area contributed by atoms with Gasteiger partial charge >= 0.3 is 0 Å². The minimum absolute atomic E-state index is 0.0384. The largest absolute Gasteiger partial charge is 0.379 e. The maximum Gasteiger partial charge on any atom is 0.209 e. The van der Waals surface area contributed by atoms with Crippen LogP contribution < -0.4 is 5.14 Å². The van der Waals surface area contributed by atoms with Crippen LogP contribution >= 0.6 is 0 Å². The summed E-state index contributed by atoms with van der Waals surface area (Å²) in [7, 11) is -3.46. The number of sulfonamides is 1. The monoisotopic (exact) mass is 321 g/mol. The molecule has 21 heavy (non-hydrogen) atoms. The minimum atomic E-state index is -3.46. The van der Waals surface area contributed by atoms with Gasteiger partial charge in [0, 0.05) is 12.0 Å². The van der Waals surface area contributed by atoms with Gasteiger partial charge in [0.1, 0.15) is 0 Å². The molecule has 0 amide bonds. The molecule has 0 atom stereocenters. The van der Waals surface area contributed by atoms with E-state index in [0.29, 0.717) is 19.8 Å². The van der Waals surface area contributed by atoms with Gasteiger partial charge in [0.25, 0.3) is 0 Å². The zero-order valence-corrected chi connectivity index (χ0v) is 14.1. The van der Waals surface area contributed by atoms with Crippen LogP contribution in [0.5, 0.6) is 0 Å². The van der Waals surface area contributed by atoms with Crippen LogP contribution in [-0.4, -0.2) is 40.6 Å². The lowest BCUT2D eigenvalue weighted by atomic mass is 9.83. The summed E-state index contributed by atoms with van der Waals surface area (Å²) < 4.78 is 34.2. The SMILES string of the molecule is CCCCOCCOCC1(CS(N)(=O)=O)CCCCCC1. The number of nitrogens with two attached hydrogens (primary N) is 1. The zero-order valence-electron chi connectivity index (χ0n) is 13.3. The Morgan fingerprint density at radius 1 is 1.00 bits per heavy atom. The molecule has 0 bridgehead atoms. The van der Waals surface area contributed by atoms with Gasteiger partial charge in [0.05, 0.1) is 25.6 Å². The van der Waals surface area contributed by atoms with Gasteiger partial charge in [-0.15, -0.1) is 0 Å². The Kier molecular flexibility index (Phi) is 8.78. The van der Waals surface area contributed by atoms with E-state index in [0.717, 1.165) is 45.1 Å². The van der Waals surface area contributed by atoms with Crippen molar-refractivity contribution in [3.8, 4) is 0 Å². The van der Waals surface area contributed by atoms with Gasteiger partial charge in [-0.1, -0.05) is 39.0 Å². The third-order valence-electron chi connectivity index (χ3n) is 4.09. The van der Waals surface area contributed by atoms with E-state index < -0.39 is 10.0 Å². The molecule has 6 heteroatoms. The third kappa shape index (κ3) is 8.76. The van der Waals surface area contributed by atoms with E-state index in [2.05, 4.69) is 6.92 Å². The molecule has 126 valence electrons. The number of hydrogen-bond donors (Lipinski definition) is 1. The first-order chi connectivity index (χ1) is 9.97. The average molecular weight is 321 g/mol. The molecular formula is C15H31NO4S. The standard InChI is InChI=1S/C15H31NO4S/c1-2-3-10-19-11-12-20-13-15(14-21(16,17)18)8-6-4-5-7-9-15/h2-14H2,1H3,(H2,16,17,18). The molecule has 0 radical (unpaired) electrons. The molecule has 0 aliphatic heterocycles. The van der Waals surface area contributed by atoms with Crippen molar-refractivity contribution in [3.63, 3.8) is 0 Å². The second-order valence-electron chi connectivity index (χ2n) is 6.24. The fraction of sp³-hybridized carbons (Fsp3) is 1.00. The van der Waals surface area contributed by atoms with Gasteiger partial charge in [0.15, 0.2) is 0 Å². The van der Waals surface area contributed by atoms with Gasteiger partial charge in [-0.05, 0) is 19.3 Å². The summed E-state index contributed by atoms with van der Waals surface area (Å²) in [5.74, 6) is 0.0384. The molecule has 1 saturated carbocycles. The number of unbranched alkanes of at least 4 members (excludes halogenated alkanes) is 1. The topological polar surface area (TPSA) is 78.6 Å². The highest BCUT2D eigenvalue weighted by Gasteiger charge is 2.35. The summed E-state index contributed by atoms with van der Waals surface area (Å²) in [6.45, 7) is 4.47. The maximum absolute atomic E-state index is 11.5. The molecular weight excluding hydrogens is 290 g/mol. The van der Waals surface area contributed by atoms with Crippen LogP contribution in [0.2, 0.25) is 0 Å². The smallest absolute Gasteiger partial charge is 0.209 e. The van der Waals surface area contributed by atoms with Gasteiger partial charge in [-0.3, -0.25) is 0 Å². The van der Waals surface area contributed by atoms with Crippen LogP contribution in [0.4, 0.5) is 0 Å². The summed E-state index contributed by atoms with van der Waals surface area (Å²) in [6.07, 6.45) is 8.44. The highest BCUT2D eigenvalue weighted by atomic mass is 32.2. The normalized spacial score (nSPS) is 19.3. The first kappa shape index (κ1) is 18.9. The quantitative estimate of drug-likeness (QED) is 0.495. The fourth-order valence-electron chi connectivity index (χ4n) is 2.99. The van der Waals surface area contributed by atoms with Crippen molar-refractivity contribution in [1.29, 1.82) is 0 Å². The van der Waals surface area contributed by atoms with Crippen LogP contribution in [-0.2, 0) is 19.5 Å². The summed E-state index contributed by atoms with van der Waals surface area (Å²) >= 11 is 0. The van der Waals surface area contributed by atoms with Gasteiger partial charge < -0.3 is 9.47 Å². The Balaban J connectivity index is 2.38. The molecule has 0 aromatic heterocycles. The Labute approximate surface area is 129 Å². The maximum atomic E-state index is 11.5. The number of rotatable bonds is 10. The lowest BCUT2D eigenvalue weighted by Crippen LogP contribution is -2.37. The lowest BCUT2D eigenvalue weighted by Gasteiger charge is -2.31. The van der Waals surface area contributed by atoms with Crippen molar-refractivity contribution in [3.05, 3.63) is 0 Å². The van der Waals surface area contributed by atoms with E-state index in [1.807, 2.05) is 0 Å². The molecule has 0 heterocycles. The van der Waals surface area contributed by atoms with E-state index in [4.69, 9.17) is 14.6 Å². The molecule has 0 unspecified atom stereocenters. The lowest BCUT2D eigenvalue weighted by molar-refractivity contribution is 0.00561. The Bertz CT molecular complexity index is 362.